The van der Waals surface area contributed by atoms with Gasteiger partial charge in [0.2, 0.25) is 11.8 Å². The molecule has 2 amide bonds. The van der Waals surface area contributed by atoms with Gasteiger partial charge in [-0.2, -0.15) is 0 Å². The third kappa shape index (κ3) is 2.21. The van der Waals surface area contributed by atoms with E-state index in [9.17, 15) is 14.0 Å². The van der Waals surface area contributed by atoms with Gasteiger partial charge in [0.05, 0.1) is 18.8 Å². The van der Waals surface area contributed by atoms with Gasteiger partial charge in [-0.1, -0.05) is 0 Å². The predicted octanol–water partition coefficient (Wildman–Crippen LogP) is 1.05. The Morgan fingerprint density at radius 1 is 1.25 bits per heavy atom. The summed E-state index contributed by atoms with van der Waals surface area (Å²) in [6, 6.07) is 4.12. The van der Waals surface area contributed by atoms with E-state index in [1.807, 2.05) is 0 Å². The van der Waals surface area contributed by atoms with E-state index in [0.29, 0.717) is 10.2 Å². The minimum absolute atomic E-state index is 0.0932. The molecule has 1 aromatic rings. The molecule has 6 heteroatoms. The second-order valence-corrected chi connectivity index (χ2v) is 4.28. The maximum absolute atomic E-state index is 12.9. The summed E-state index contributed by atoms with van der Waals surface area (Å²) in [6.07, 6.45) is 0. The van der Waals surface area contributed by atoms with Gasteiger partial charge in [-0.15, -0.1) is 0 Å². The van der Waals surface area contributed by atoms with Gasteiger partial charge in [0.25, 0.3) is 0 Å². The van der Waals surface area contributed by atoms with Crippen LogP contribution in [0.25, 0.3) is 0 Å². The summed E-state index contributed by atoms with van der Waals surface area (Å²) in [5, 5.41) is 2.20. The maximum Gasteiger partial charge on any atom is 0.246 e. The minimum atomic E-state index is -0.372. The van der Waals surface area contributed by atoms with Crippen LogP contribution in [-0.2, 0) is 9.59 Å². The second-order valence-electron chi connectivity index (χ2n) is 3.42. The maximum atomic E-state index is 12.9. The zero-order valence-corrected chi connectivity index (χ0v) is 9.75. The summed E-state index contributed by atoms with van der Waals surface area (Å²) in [5.41, 5.74) is 0.629. The molecule has 1 fully saturated rings. The zero-order chi connectivity index (χ0) is 11.7. The smallest absolute Gasteiger partial charge is 0.246 e. The van der Waals surface area contributed by atoms with E-state index in [4.69, 9.17) is 0 Å². The first-order valence-corrected chi connectivity index (χ1v) is 5.38. The number of imide groups is 1. The average Bonchev–Trinajstić information content (AvgIpc) is 2.15. The first-order chi connectivity index (χ1) is 7.56. The van der Waals surface area contributed by atoms with Gasteiger partial charge in [0, 0.05) is 4.47 Å². The molecule has 1 aliphatic rings. The molecule has 2 rings (SSSR count). The number of benzene rings is 1. The number of nitrogens with one attached hydrogen (secondary N) is 1. The largest absolute Gasteiger partial charge is 0.352 e. The van der Waals surface area contributed by atoms with Crippen molar-refractivity contribution >= 4 is 33.4 Å². The number of carbonyl (C=O) groups excluding carboxylic acids is 2. The highest BCUT2D eigenvalue weighted by molar-refractivity contribution is 9.10. The van der Waals surface area contributed by atoms with Crippen molar-refractivity contribution in [1.29, 1.82) is 0 Å². The Bertz CT molecular complexity index is 448. The van der Waals surface area contributed by atoms with E-state index in [1.54, 1.807) is 4.90 Å². The van der Waals surface area contributed by atoms with E-state index in [-0.39, 0.29) is 30.7 Å². The zero-order valence-electron chi connectivity index (χ0n) is 8.17. The molecule has 1 aromatic carbocycles. The Kier molecular flexibility index (Phi) is 2.91. The van der Waals surface area contributed by atoms with Gasteiger partial charge in [0.1, 0.15) is 5.82 Å². The summed E-state index contributed by atoms with van der Waals surface area (Å²) in [4.78, 5) is 23.9. The van der Waals surface area contributed by atoms with Crippen LogP contribution in [0.15, 0.2) is 22.7 Å². The van der Waals surface area contributed by atoms with Crippen LogP contribution in [-0.4, -0.2) is 24.9 Å². The quantitative estimate of drug-likeness (QED) is 0.785. The molecule has 0 atom stereocenters. The molecule has 4 nitrogen and oxygen atoms in total. The van der Waals surface area contributed by atoms with E-state index >= 15 is 0 Å². The van der Waals surface area contributed by atoms with Crippen LogP contribution < -0.4 is 10.2 Å². The highest BCUT2D eigenvalue weighted by atomic mass is 79.9. The Hall–Kier alpha value is -1.43. The number of nitrogens with zero attached hydrogens (tertiary/aromatic N) is 1. The molecule has 0 aliphatic carbocycles. The summed E-state index contributed by atoms with van der Waals surface area (Å²) in [7, 11) is 0. The molecule has 0 radical (unpaired) electrons. The van der Waals surface area contributed by atoms with Crippen LogP contribution in [0.2, 0.25) is 0 Å². The Morgan fingerprint density at radius 3 is 2.44 bits per heavy atom. The van der Waals surface area contributed by atoms with Crippen molar-refractivity contribution < 1.29 is 14.0 Å². The highest BCUT2D eigenvalue weighted by Gasteiger charge is 2.23. The van der Waals surface area contributed by atoms with Crippen LogP contribution in [0.3, 0.4) is 0 Å². The Balaban J connectivity index is 2.29. The third-order valence-corrected chi connectivity index (χ3v) is 2.83. The van der Waals surface area contributed by atoms with Crippen LogP contribution in [0.1, 0.15) is 0 Å². The van der Waals surface area contributed by atoms with Crippen molar-refractivity contribution in [2.45, 2.75) is 0 Å². The third-order valence-electron chi connectivity index (χ3n) is 2.20. The lowest BCUT2D eigenvalue weighted by Crippen LogP contribution is -2.51. The summed E-state index contributed by atoms with van der Waals surface area (Å²) >= 11 is 3.20. The van der Waals surface area contributed by atoms with Gasteiger partial charge < -0.3 is 4.90 Å². The molecule has 1 N–H and O–H groups in total. The van der Waals surface area contributed by atoms with Crippen LogP contribution in [0, 0.1) is 5.82 Å². The molecule has 0 bridgehead atoms. The van der Waals surface area contributed by atoms with E-state index in [2.05, 4.69) is 21.2 Å². The van der Waals surface area contributed by atoms with Gasteiger partial charge in [-0.3, -0.25) is 14.9 Å². The molecule has 0 unspecified atom stereocenters. The topological polar surface area (TPSA) is 49.4 Å². The first-order valence-electron chi connectivity index (χ1n) is 4.59. The van der Waals surface area contributed by atoms with Gasteiger partial charge in [-0.25, -0.2) is 4.39 Å². The second kappa shape index (κ2) is 4.21. The number of piperazine rings is 1. The molecule has 1 aliphatic heterocycles. The van der Waals surface area contributed by atoms with Crippen molar-refractivity contribution in [3.8, 4) is 0 Å². The van der Waals surface area contributed by atoms with E-state index in [0.717, 1.165) is 0 Å². The molecular weight excluding hydrogens is 279 g/mol. The van der Waals surface area contributed by atoms with Gasteiger partial charge in [0.15, 0.2) is 0 Å². The van der Waals surface area contributed by atoms with Crippen LogP contribution >= 0.6 is 15.9 Å². The molecule has 84 valence electrons. The lowest BCUT2D eigenvalue weighted by molar-refractivity contribution is -0.130. The average molecular weight is 287 g/mol. The number of rotatable bonds is 1. The monoisotopic (exact) mass is 286 g/mol. The first kappa shape index (κ1) is 11.1. The summed E-state index contributed by atoms with van der Waals surface area (Å²) in [5.74, 6) is -1.08. The molecule has 16 heavy (non-hydrogen) atoms. The van der Waals surface area contributed by atoms with E-state index in [1.165, 1.54) is 18.2 Å². The number of carbonyl (C=O) groups is 2. The van der Waals surface area contributed by atoms with Crippen molar-refractivity contribution in [3.63, 3.8) is 0 Å². The molecule has 0 aromatic heterocycles. The molecule has 1 saturated heterocycles. The van der Waals surface area contributed by atoms with Gasteiger partial charge >= 0.3 is 0 Å². The molecular formula is C10H8BrFN2O2. The van der Waals surface area contributed by atoms with E-state index < -0.39 is 0 Å². The van der Waals surface area contributed by atoms with Crippen LogP contribution in [0.5, 0.6) is 0 Å². The molecule has 0 saturated carbocycles. The predicted molar refractivity (Wildman–Crippen MR) is 59.5 cm³/mol. The van der Waals surface area contributed by atoms with Crippen molar-refractivity contribution in [2.75, 3.05) is 18.0 Å². The number of hydrogen-bond donors (Lipinski definition) is 1. The summed E-state index contributed by atoms with van der Waals surface area (Å²) in [6.45, 7) is 0.186. The lowest BCUT2D eigenvalue weighted by atomic mass is 10.2. The lowest BCUT2D eigenvalue weighted by Gasteiger charge is -2.28. The fraction of sp³-hybridized carbons (Fsp3) is 0.200. The van der Waals surface area contributed by atoms with Crippen molar-refractivity contribution in [1.82, 2.24) is 5.32 Å². The number of halogens is 2. The number of hydrogen-bond acceptors (Lipinski definition) is 3. The molecule has 1 heterocycles. The number of anilines is 1. The minimum Gasteiger partial charge on any atom is -0.352 e. The fourth-order valence-corrected chi connectivity index (χ4v) is 2.15. The Morgan fingerprint density at radius 2 is 1.88 bits per heavy atom. The van der Waals surface area contributed by atoms with Crippen molar-refractivity contribution in [3.05, 3.63) is 28.5 Å². The van der Waals surface area contributed by atoms with Crippen molar-refractivity contribution in [2.24, 2.45) is 0 Å². The molecule has 0 spiro atoms. The standard InChI is InChI=1S/C10H8BrFN2O2/c11-7-3-6(12)1-2-8(7)14-4-9(15)13-10(16)5-14/h1-3H,4-5H2,(H,13,15,16). The fourth-order valence-electron chi connectivity index (χ4n) is 1.55. The van der Waals surface area contributed by atoms with Gasteiger partial charge in [-0.05, 0) is 34.1 Å². The SMILES string of the molecule is O=C1CN(c2ccc(F)cc2Br)CC(=O)N1. The Labute approximate surface area is 99.6 Å². The highest BCUT2D eigenvalue weighted by Crippen LogP contribution is 2.27. The van der Waals surface area contributed by atoms with Crippen LogP contribution in [0.4, 0.5) is 10.1 Å². The number of amides is 2. The summed E-state index contributed by atoms with van der Waals surface area (Å²) < 4.78 is 13.4. The normalized spacial score (nSPS) is 16.2.